The van der Waals surface area contributed by atoms with Crippen molar-refractivity contribution in [2.24, 2.45) is 5.41 Å². The van der Waals surface area contributed by atoms with Gasteiger partial charge >= 0.3 is 0 Å². The fourth-order valence-corrected chi connectivity index (χ4v) is 5.27. The minimum atomic E-state index is -0.604. The molecule has 0 spiro atoms. The Labute approximate surface area is 204 Å². The largest absolute Gasteiger partial charge is 0.379 e. The van der Waals surface area contributed by atoms with Crippen LogP contribution < -0.4 is 4.90 Å². The second-order valence-electron chi connectivity index (χ2n) is 9.66. The lowest BCUT2D eigenvalue weighted by Crippen LogP contribution is -2.44. The summed E-state index contributed by atoms with van der Waals surface area (Å²) in [5, 5.41) is 5.68. The molecule has 8 nitrogen and oxygen atoms in total. The third-order valence-corrected chi connectivity index (χ3v) is 7.46. The molecule has 0 N–H and O–H groups in total. The summed E-state index contributed by atoms with van der Waals surface area (Å²) in [6.07, 6.45) is 1.76. The molecule has 0 aliphatic carbocycles. The van der Waals surface area contributed by atoms with E-state index in [1.807, 2.05) is 55.8 Å². The summed E-state index contributed by atoms with van der Waals surface area (Å²) in [5.74, 6) is 0.689. The van der Waals surface area contributed by atoms with Crippen LogP contribution in [0.4, 0.5) is 10.8 Å². The van der Waals surface area contributed by atoms with E-state index in [0.29, 0.717) is 36.5 Å². The summed E-state index contributed by atoms with van der Waals surface area (Å²) in [4.78, 5) is 32.4. The molecule has 2 saturated heterocycles. The van der Waals surface area contributed by atoms with E-state index in [-0.39, 0.29) is 17.9 Å². The fraction of sp³-hybridized carbons (Fsp3) is 0.609. The van der Waals surface area contributed by atoms with Crippen LogP contribution in [0.3, 0.4) is 0 Å². The molecular formula is C23H32ClN5O3S. The van der Waals surface area contributed by atoms with Gasteiger partial charge in [0.15, 0.2) is 0 Å². The van der Waals surface area contributed by atoms with E-state index in [0.717, 1.165) is 36.6 Å². The first-order valence-electron chi connectivity index (χ1n) is 11.4. The number of carbonyl (C=O) groups excluding carboxylic acids is 2. The fourth-order valence-electron chi connectivity index (χ4n) is 4.27. The summed E-state index contributed by atoms with van der Waals surface area (Å²) in [5.41, 5.74) is 0.151. The molecule has 1 atom stereocenters. The van der Waals surface area contributed by atoms with Crippen molar-refractivity contribution in [1.82, 2.24) is 19.6 Å². The normalized spacial score (nSPS) is 19.8. The van der Waals surface area contributed by atoms with Crippen molar-refractivity contribution in [2.45, 2.75) is 39.7 Å². The van der Waals surface area contributed by atoms with Crippen LogP contribution in [0.1, 0.15) is 50.1 Å². The molecule has 4 rings (SSSR count). The lowest BCUT2D eigenvalue weighted by atomic mass is 9.96. The van der Waals surface area contributed by atoms with Gasteiger partial charge in [-0.1, -0.05) is 32.4 Å². The van der Waals surface area contributed by atoms with E-state index >= 15 is 0 Å². The van der Waals surface area contributed by atoms with E-state index in [9.17, 15) is 9.59 Å². The Morgan fingerprint density at radius 2 is 1.97 bits per heavy atom. The van der Waals surface area contributed by atoms with Crippen LogP contribution in [0.2, 0.25) is 4.34 Å². The first kappa shape index (κ1) is 24.2. The van der Waals surface area contributed by atoms with Gasteiger partial charge in [0, 0.05) is 38.2 Å². The number of aromatic nitrogens is 2. The minimum absolute atomic E-state index is 0.0950. The Kier molecular flexibility index (Phi) is 7.14. The smallest absolute Gasteiger partial charge is 0.254 e. The van der Waals surface area contributed by atoms with Gasteiger partial charge in [-0.3, -0.25) is 14.5 Å². The lowest BCUT2D eigenvalue weighted by Gasteiger charge is -2.30. The Bertz CT molecular complexity index is 1010. The van der Waals surface area contributed by atoms with Crippen molar-refractivity contribution in [3.63, 3.8) is 0 Å². The Morgan fingerprint density at radius 3 is 2.61 bits per heavy atom. The van der Waals surface area contributed by atoms with E-state index in [2.05, 4.69) is 4.90 Å². The first-order chi connectivity index (χ1) is 15.6. The molecule has 180 valence electrons. The summed E-state index contributed by atoms with van der Waals surface area (Å²) < 4.78 is 7.57. The van der Waals surface area contributed by atoms with Crippen molar-refractivity contribution >= 4 is 45.6 Å². The minimum Gasteiger partial charge on any atom is -0.379 e. The topological polar surface area (TPSA) is 70.9 Å². The van der Waals surface area contributed by atoms with Gasteiger partial charge < -0.3 is 14.5 Å². The molecule has 2 aliphatic heterocycles. The molecule has 10 heteroatoms. The van der Waals surface area contributed by atoms with Gasteiger partial charge in [0.05, 0.1) is 40.8 Å². The molecule has 0 saturated carbocycles. The highest BCUT2D eigenvalue weighted by Crippen LogP contribution is 2.38. The molecule has 0 bridgehead atoms. The molecule has 2 aromatic heterocycles. The van der Waals surface area contributed by atoms with Gasteiger partial charge in [0.1, 0.15) is 5.82 Å². The summed E-state index contributed by atoms with van der Waals surface area (Å²) >= 11 is 7.60. The molecular weight excluding hydrogens is 462 g/mol. The molecule has 1 amide bonds. The third-order valence-electron chi connectivity index (χ3n) is 6.15. The Morgan fingerprint density at radius 1 is 1.24 bits per heavy atom. The standard InChI is InChI=1S/C23H32ClN5O3S/c1-23(2,3)22(31)29-19(26(4)21-8-7-18(24)33-21)14-16(25-29)17-6-5-9-28(17)20(30)15-27-10-12-32-13-11-27/h7-8,14,17H,5-6,9-13,15H2,1-4H3. The van der Waals surface area contributed by atoms with Gasteiger partial charge in [0.25, 0.3) is 5.91 Å². The van der Waals surface area contributed by atoms with Crippen LogP contribution in [0.15, 0.2) is 18.2 Å². The van der Waals surface area contributed by atoms with E-state index in [1.165, 1.54) is 16.0 Å². The number of rotatable bonds is 5. The summed E-state index contributed by atoms with van der Waals surface area (Å²) in [6.45, 7) is 9.63. The monoisotopic (exact) mass is 493 g/mol. The van der Waals surface area contributed by atoms with Crippen LogP contribution in [0.5, 0.6) is 0 Å². The van der Waals surface area contributed by atoms with Crippen molar-refractivity contribution in [3.8, 4) is 0 Å². The summed E-state index contributed by atoms with van der Waals surface area (Å²) in [6, 6.07) is 5.59. The average Bonchev–Trinajstić information content (AvgIpc) is 3.51. The Balaban J connectivity index is 1.63. The number of ether oxygens (including phenoxy) is 1. The maximum absolute atomic E-state index is 13.3. The second kappa shape index (κ2) is 9.74. The number of amides is 1. The zero-order chi connectivity index (χ0) is 23.8. The maximum atomic E-state index is 13.3. The van der Waals surface area contributed by atoms with Gasteiger partial charge in [-0.05, 0) is 25.0 Å². The Hall–Kier alpha value is -1.94. The zero-order valence-corrected chi connectivity index (χ0v) is 21.3. The quantitative estimate of drug-likeness (QED) is 0.625. The SMILES string of the molecule is CN(c1ccc(Cl)s1)c1cc(C2CCCN2C(=O)CN2CCOCC2)nn1C(=O)C(C)(C)C. The number of thiophene rings is 1. The van der Waals surface area contributed by atoms with Crippen molar-refractivity contribution in [3.05, 3.63) is 28.2 Å². The lowest BCUT2D eigenvalue weighted by molar-refractivity contribution is -0.134. The number of halogens is 1. The molecule has 0 radical (unpaired) electrons. The van der Waals surface area contributed by atoms with Gasteiger partial charge in [-0.2, -0.15) is 9.78 Å². The highest BCUT2D eigenvalue weighted by Gasteiger charge is 2.35. The average molecular weight is 494 g/mol. The maximum Gasteiger partial charge on any atom is 0.254 e. The number of hydrogen-bond acceptors (Lipinski definition) is 7. The number of anilines is 2. The van der Waals surface area contributed by atoms with Gasteiger partial charge in [-0.15, -0.1) is 11.3 Å². The van der Waals surface area contributed by atoms with E-state index in [1.54, 1.807) is 0 Å². The zero-order valence-electron chi connectivity index (χ0n) is 19.7. The van der Waals surface area contributed by atoms with Crippen LogP contribution >= 0.6 is 22.9 Å². The molecule has 0 aromatic carbocycles. The molecule has 1 unspecified atom stereocenters. The highest BCUT2D eigenvalue weighted by atomic mass is 35.5. The molecule has 2 aromatic rings. The van der Waals surface area contributed by atoms with E-state index < -0.39 is 5.41 Å². The van der Waals surface area contributed by atoms with Crippen LogP contribution in [0, 0.1) is 5.41 Å². The van der Waals surface area contributed by atoms with Crippen LogP contribution in [0.25, 0.3) is 0 Å². The molecule has 4 heterocycles. The number of morpholine rings is 1. The number of nitrogens with zero attached hydrogens (tertiary/aromatic N) is 5. The molecule has 33 heavy (non-hydrogen) atoms. The predicted octanol–water partition coefficient (Wildman–Crippen LogP) is 4.05. The highest BCUT2D eigenvalue weighted by molar-refractivity contribution is 7.20. The van der Waals surface area contributed by atoms with Crippen LogP contribution in [-0.4, -0.2) is 77.8 Å². The predicted molar refractivity (Wildman–Crippen MR) is 131 cm³/mol. The van der Waals surface area contributed by atoms with Crippen molar-refractivity contribution in [2.75, 3.05) is 51.3 Å². The van der Waals surface area contributed by atoms with Crippen molar-refractivity contribution in [1.29, 1.82) is 0 Å². The first-order valence-corrected chi connectivity index (χ1v) is 12.6. The van der Waals surface area contributed by atoms with Gasteiger partial charge in [0.2, 0.25) is 5.91 Å². The van der Waals surface area contributed by atoms with Gasteiger partial charge in [-0.25, -0.2) is 0 Å². The number of carbonyl (C=O) groups is 2. The van der Waals surface area contributed by atoms with E-state index in [4.69, 9.17) is 21.4 Å². The summed E-state index contributed by atoms with van der Waals surface area (Å²) in [7, 11) is 1.91. The number of likely N-dealkylation sites (tertiary alicyclic amines) is 1. The van der Waals surface area contributed by atoms with Crippen molar-refractivity contribution < 1.29 is 14.3 Å². The molecule has 2 aliphatic rings. The second-order valence-corrected chi connectivity index (χ2v) is 11.4. The molecule has 2 fully saturated rings. The third kappa shape index (κ3) is 5.26. The number of hydrogen-bond donors (Lipinski definition) is 0. The van der Waals surface area contributed by atoms with Crippen LogP contribution in [-0.2, 0) is 9.53 Å².